The van der Waals surface area contributed by atoms with Crippen molar-refractivity contribution in [2.24, 2.45) is 4.99 Å². The van der Waals surface area contributed by atoms with Crippen molar-refractivity contribution in [3.8, 4) is 6.19 Å². The Bertz CT molecular complexity index is 1210. The monoisotopic (exact) mass is 473 g/mol. The van der Waals surface area contributed by atoms with Gasteiger partial charge in [0.25, 0.3) is 0 Å². The van der Waals surface area contributed by atoms with Crippen molar-refractivity contribution < 1.29 is 4.79 Å². The summed E-state index contributed by atoms with van der Waals surface area (Å²) in [4.78, 5) is 26.0. The van der Waals surface area contributed by atoms with Crippen LogP contribution in [-0.4, -0.2) is 46.4 Å². The van der Waals surface area contributed by atoms with Gasteiger partial charge in [0.1, 0.15) is 0 Å². The molecule has 4 rings (SSSR count). The second-order valence-corrected chi connectivity index (χ2v) is 8.22. The molecule has 1 atom stereocenters. The number of carbonyl (C=O) groups is 1. The van der Waals surface area contributed by atoms with Gasteiger partial charge in [-0.25, -0.2) is 9.79 Å². The first-order valence-corrected chi connectivity index (χ1v) is 11.2. The molecule has 1 saturated heterocycles. The van der Waals surface area contributed by atoms with Crippen molar-refractivity contribution in [3.05, 3.63) is 89.2 Å². The smallest absolute Gasteiger partial charge is 0.322 e. The summed E-state index contributed by atoms with van der Waals surface area (Å²) < 4.78 is 0. The zero-order chi connectivity index (χ0) is 23.9. The van der Waals surface area contributed by atoms with Crippen molar-refractivity contribution in [1.29, 1.82) is 5.26 Å². The van der Waals surface area contributed by atoms with Gasteiger partial charge in [0.15, 0.2) is 6.19 Å². The molecule has 1 aromatic heterocycles. The van der Waals surface area contributed by atoms with Crippen LogP contribution in [-0.2, 0) is 0 Å². The lowest BCUT2D eigenvalue weighted by Gasteiger charge is -2.42. The molecule has 9 heteroatoms. The number of nitrogens with one attached hydrogen (secondary N) is 2. The van der Waals surface area contributed by atoms with Crippen LogP contribution in [0.5, 0.6) is 0 Å². The predicted octanol–water partition coefficient (Wildman–Crippen LogP) is 4.69. The Labute approximate surface area is 203 Å². The molecule has 1 unspecified atom stereocenters. The Hall–Kier alpha value is -4.09. The van der Waals surface area contributed by atoms with Gasteiger partial charge in [0.2, 0.25) is 5.96 Å². The van der Waals surface area contributed by atoms with E-state index in [1.54, 1.807) is 35.4 Å². The summed E-state index contributed by atoms with van der Waals surface area (Å²) in [5.41, 5.74) is 3.11. The molecule has 2 heterocycles. The lowest BCUT2D eigenvalue weighted by Crippen LogP contribution is -2.55. The van der Waals surface area contributed by atoms with Gasteiger partial charge < -0.3 is 15.1 Å². The second kappa shape index (κ2) is 10.7. The Morgan fingerprint density at radius 3 is 2.59 bits per heavy atom. The van der Waals surface area contributed by atoms with Crippen molar-refractivity contribution in [1.82, 2.24) is 20.1 Å². The van der Waals surface area contributed by atoms with Gasteiger partial charge in [0.05, 0.1) is 17.4 Å². The van der Waals surface area contributed by atoms with Gasteiger partial charge in [-0.2, -0.15) is 5.26 Å². The molecule has 0 saturated carbocycles. The molecule has 0 bridgehead atoms. The Morgan fingerprint density at radius 1 is 1.12 bits per heavy atom. The molecular weight excluding hydrogens is 450 g/mol. The van der Waals surface area contributed by atoms with Crippen molar-refractivity contribution in [2.45, 2.75) is 13.0 Å². The van der Waals surface area contributed by atoms with Crippen LogP contribution >= 0.6 is 11.6 Å². The minimum Gasteiger partial charge on any atom is -0.338 e. The van der Waals surface area contributed by atoms with Crippen molar-refractivity contribution in [2.75, 3.05) is 25.0 Å². The molecule has 8 nitrogen and oxygen atoms in total. The second-order valence-electron chi connectivity index (χ2n) is 7.78. The van der Waals surface area contributed by atoms with Gasteiger partial charge in [-0.3, -0.25) is 10.3 Å². The molecule has 2 N–H and O–H groups in total. The summed E-state index contributed by atoms with van der Waals surface area (Å²) in [5.74, 6) is 0.428. The van der Waals surface area contributed by atoms with E-state index in [1.807, 2.05) is 60.5 Å². The number of nitrogens with zero attached hydrogens (tertiary/aromatic N) is 5. The minimum absolute atomic E-state index is 0.203. The zero-order valence-corrected chi connectivity index (χ0v) is 19.4. The molecule has 0 radical (unpaired) electrons. The number of rotatable bonds is 3. The largest absolute Gasteiger partial charge is 0.338 e. The molecule has 0 spiro atoms. The molecule has 1 aliphatic rings. The molecule has 2 aromatic carbocycles. The number of aromatic nitrogens is 1. The fraction of sp³-hybridized carbons (Fsp3) is 0.200. The van der Waals surface area contributed by atoms with E-state index in [4.69, 9.17) is 11.6 Å². The standard InChI is InChI=1S/C25H24ClN7O/c1-18-22(8-5-13-28-18)31-24(29-17-27)32-14-15-33(23(16-32)19-6-3-2-4-7-19)25(34)30-21-11-9-20(26)10-12-21/h2-13,23H,14-16H2,1H3,(H,29,31)(H,30,34). The zero-order valence-electron chi connectivity index (χ0n) is 18.6. The number of hydrogen-bond donors (Lipinski definition) is 2. The number of piperazine rings is 1. The number of nitriles is 1. The average Bonchev–Trinajstić information content (AvgIpc) is 2.86. The number of benzene rings is 2. The number of pyridine rings is 1. The highest BCUT2D eigenvalue weighted by Crippen LogP contribution is 2.27. The number of guanidine groups is 1. The van der Waals surface area contributed by atoms with Crippen molar-refractivity contribution in [3.63, 3.8) is 0 Å². The van der Waals surface area contributed by atoms with E-state index < -0.39 is 0 Å². The third-order valence-electron chi connectivity index (χ3n) is 5.59. The van der Waals surface area contributed by atoms with Gasteiger partial charge in [0, 0.05) is 36.5 Å². The summed E-state index contributed by atoms with van der Waals surface area (Å²) in [5, 5.41) is 15.6. The van der Waals surface area contributed by atoms with Crippen LogP contribution in [0.4, 0.5) is 16.2 Å². The van der Waals surface area contributed by atoms with E-state index in [0.29, 0.717) is 42.0 Å². The van der Waals surface area contributed by atoms with Gasteiger partial charge in [-0.15, -0.1) is 0 Å². The maximum atomic E-state index is 13.2. The van der Waals surface area contributed by atoms with E-state index in [2.05, 4.69) is 20.6 Å². The first-order chi connectivity index (χ1) is 16.5. The minimum atomic E-state index is -0.247. The van der Waals surface area contributed by atoms with Gasteiger partial charge in [-0.1, -0.05) is 41.9 Å². The molecule has 3 aromatic rings. The van der Waals surface area contributed by atoms with Crippen LogP contribution in [0.2, 0.25) is 5.02 Å². The highest BCUT2D eigenvalue weighted by Gasteiger charge is 2.33. The van der Waals surface area contributed by atoms with Crippen molar-refractivity contribution >= 4 is 35.0 Å². The fourth-order valence-electron chi connectivity index (χ4n) is 3.84. The number of hydrogen-bond acceptors (Lipinski definition) is 4. The van der Waals surface area contributed by atoms with E-state index in [-0.39, 0.29) is 12.1 Å². The lowest BCUT2D eigenvalue weighted by atomic mass is 10.0. The summed E-state index contributed by atoms with van der Waals surface area (Å²) in [6.45, 7) is 3.28. The molecule has 1 fully saturated rings. The van der Waals surface area contributed by atoms with E-state index in [0.717, 1.165) is 11.3 Å². The van der Waals surface area contributed by atoms with Gasteiger partial charge >= 0.3 is 6.03 Å². The maximum absolute atomic E-state index is 13.2. The number of urea groups is 1. The SMILES string of the molecule is Cc1ncccc1N=C(NC#N)N1CCN(C(=O)Nc2ccc(Cl)cc2)C(c2ccccc2)C1. The van der Waals surface area contributed by atoms with E-state index >= 15 is 0 Å². The summed E-state index contributed by atoms with van der Waals surface area (Å²) in [6, 6.07) is 20.1. The summed E-state index contributed by atoms with van der Waals surface area (Å²) in [6.07, 6.45) is 3.69. The molecule has 172 valence electrons. The van der Waals surface area contributed by atoms with Crippen LogP contribution in [0.15, 0.2) is 77.9 Å². The molecular formula is C25H24ClN7O. The third-order valence-corrected chi connectivity index (χ3v) is 5.85. The average molecular weight is 474 g/mol. The number of halogens is 1. The van der Waals surface area contributed by atoms with Crippen LogP contribution in [0.25, 0.3) is 0 Å². The van der Waals surface area contributed by atoms with Crippen LogP contribution in [0.1, 0.15) is 17.3 Å². The molecule has 1 aliphatic heterocycles. The van der Waals surface area contributed by atoms with Gasteiger partial charge in [-0.05, 0) is 48.9 Å². The number of aryl methyl sites for hydroxylation is 1. The van der Waals surface area contributed by atoms with Crippen LogP contribution < -0.4 is 10.6 Å². The topological polar surface area (TPSA) is 96.7 Å². The first-order valence-electron chi connectivity index (χ1n) is 10.8. The highest BCUT2D eigenvalue weighted by molar-refractivity contribution is 6.30. The number of anilines is 1. The highest BCUT2D eigenvalue weighted by atomic mass is 35.5. The maximum Gasteiger partial charge on any atom is 0.322 e. The third kappa shape index (κ3) is 5.45. The Balaban J connectivity index is 1.60. The van der Waals surface area contributed by atoms with E-state index in [9.17, 15) is 10.1 Å². The van der Waals surface area contributed by atoms with Crippen LogP contribution in [0, 0.1) is 18.4 Å². The number of carbonyl (C=O) groups excluding carboxylic acids is 1. The summed E-state index contributed by atoms with van der Waals surface area (Å²) >= 11 is 5.97. The number of amides is 2. The van der Waals surface area contributed by atoms with Crippen LogP contribution in [0.3, 0.4) is 0 Å². The normalized spacial score (nSPS) is 16.0. The first kappa shape index (κ1) is 23.1. The number of aliphatic imine (C=N–C) groups is 1. The molecule has 0 aliphatic carbocycles. The Kier molecular flexibility index (Phi) is 7.25. The quantitative estimate of drug-likeness (QED) is 0.249. The molecule has 2 amide bonds. The molecule has 34 heavy (non-hydrogen) atoms. The summed E-state index contributed by atoms with van der Waals surface area (Å²) in [7, 11) is 0. The fourth-order valence-corrected chi connectivity index (χ4v) is 3.97. The Morgan fingerprint density at radius 2 is 1.88 bits per heavy atom. The van der Waals surface area contributed by atoms with E-state index in [1.165, 1.54) is 0 Å². The lowest BCUT2D eigenvalue weighted by molar-refractivity contribution is 0.135. The predicted molar refractivity (Wildman–Crippen MR) is 133 cm³/mol.